The number of aromatic nitrogens is 2. The van der Waals surface area contributed by atoms with Gasteiger partial charge in [0.2, 0.25) is 0 Å². The van der Waals surface area contributed by atoms with Crippen LogP contribution in [-0.4, -0.2) is 21.7 Å². The SMILES string of the molecule is CCc1cnc(CC)c(-c2nc(C)c(CCO[N+](=O)[O-])s2)c1. The van der Waals surface area contributed by atoms with Crippen molar-refractivity contribution in [3.05, 3.63) is 44.2 Å². The Bertz CT molecular complexity index is 670. The smallest absolute Gasteiger partial charge is 0.294 e. The van der Waals surface area contributed by atoms with Gasteiger partial charge in [-0.25, -0.2) is 4.98 Å². The molecule has 0 unspecified atom stereocenters. The molecule has 22 heavy (non-hydrogen) atoms. The molecule has 6 nitrogen and oxygen atoms in total. The molecule has 118 valence electrons. The summed E-state index contributed by atoms with van der Waals surface area (Å²) >= 11 is 1.56. The number of rotatable bonds is 7. The summed E-state index contributed by atoms with van der Waals surface area (Å²) in [5.74, 6) is 0. The maximum absolute atomic E-state index is 10.2. The van der Waals surface area contributed by atoms with Crippen LogP contribution in [0.4, 0.5) is 0 Å². The van der Waals surface area contributed by atoms with Crippen molar-refractivity contribution in [3.8, 4) is 10.6 Å². The Morgan fingerprint density at radius 2 is 2.14 bits per heavy atom. The summed E-state index contributed by atoms with van der Waals surface area (Å²) in [6, 6.07) is 2.14. The summed E-state index contributed by atoms with van der Waals surface area (Å²) in [7, 11) is 0. The van der Waals surface area contributed by atoms with E-state index >= 15 is 0 Å². The average molecular weight is 321 g/mol. The third-order valence-electron chi connectivity index (χ3n) is 3.42. The van der Waals surface area contributed by atoms with Gasteiger partial charge in [-0.1, -0.05) is 13.8 Å². The van der Waals surface area contributed by atoms with Gasteiger partial charge in [0, 0.05) is 23.1 Å². The fourth-order valence-corrected chi connectivity index (χ4v) is 3.27. The van der Waals surface area contributed by atoms with Crippen molar-refractivity contribution in [1.82, 2.24) is 9.97 Å². The van der Waals surface area contributed by atoms with E-state index in [1.165, 1.54) is 5.56 Å². The largest absolute Gasteiger partial charge is 0.314 e. The minimum absolute atomic E-state index is 0.0589. The van der Waals surface area contributed by atoms with Crippen LogP contribution in [0.25, 0.3) is 10.6 Å². The highest BCUT2D eigenvalue weighted by Gasteiger charge is 2.14. The van der Waals surface area contributed by atoms with E-state index in [0.29, 0.717) is 6.42 Å². The van der Waals surface area contributed by atoms with E-state index in [-0.39, 0.29) is 6.61 Å². The summed E-state index contributed by atoms with van der Waals surface area (Å²) in [4.78, 5) is 24.8. The zero-order valence-corrected chi connectivity index (χ0v) is 13.8. The summed E-state index contributed by atoms with van der Waals surface area (Å²) in [6.07, 6.45) is 4.18. The van der Waals surface area contributed by atoms with Crippen molar-refractivity contribution in [3.63, 3.8) is 0 Å². The third-order valence-corrected chi connectivity index (χ3v) is 4.67. The number of aryl methyl sites for hydroxylation is 3. The highest BCUT2D eigenvalue weighted by molar-refractivity contribution is 7.15. The number of hydrogen-bond donors (Lipinski definition) is 0. The molecule has 7 heteroatoms. The molecule has 0 saturated carbocycles. The lowest BCUT2D eigenvalue weighted by Gasteiger charge is -2.06. The molecule has 0 aromatic carbocycles. The van der Waals surface area contributed by atoms with Crippen LogP contribution in [0.2, 0.25) is 0 Å². The lowest BCUT2D eigenvalue weighted by Crippen LogP contribution is -2.04. The van der Waals surface area contributed by atoms with Crippen molar-refractivity contribution in [2.24, 2.45) is 0 Å². The van der Waals surface area contributed by atoms with Crippen LogP contribution in [0.3, 0.4) is 0 Å². The molecule has 0 fully saturated rings. The van der Waals surface area contributed by atoms with E-state index in [9.17, 15) is 10.1 Å². The Kier molecular flexibility index (Phi) is 5.43. The molecule has 0 aliphatic rings. The van der Waals surface area contributed by atoms with Crippen LogP contribution in [-0.2, 0) is 24.1 Å². The topological polar surface area (TPSA) is 78.2 Å². The van der Waals surface area contributed by atoms with Crippen LogP contribution in [0.1, 0.15) is 35.7 Å². The first kappa shape index (κ1) is 16.4. The Morgan fingerprint density at radius 3 is 2.77 bits per heavy atom. The van der Waals surface area contributed by atoms with E-state index in [1.54, 1.807) is 11.3 Å². The molecule has 2 aromatic heterocycles. The van der Waals surface area contributed by atoms with Gasteiger partial charge in [-0.2, -0.15) is 0 Å². The van der Waals surface area contributed by atoms with Gasteiger partial charge in [-0.3, -0.25) is 4.98 Å². The standard InChI is InChI=1S/C15H19N3O3S/c1-4-11-8-12(13(5-2)16-9-11)15-17-10(3)14(22-15)6-7-21-18(19)20/h8-9H,4-7H2,1-3H3. The van der Waals surface area contributed by atoms with Gasteiger partial charge in [-0.05, 0) is 31.4 Å². The highest BCUT2D eigenvalue weighted by Crippen LogP contribution is 2.31. The van der Waals surface area contributed by atoms with Crippen molar-refractivity contribution in [2.45, 2.75) is 40.0 Å². The predicted octanol–water partition coefficient (Wildman–Crippen LogP) is 3.39. The van der Waals surface area contributed by atoms with Gasteiger partial charge in [-0.15, -0.1) is 21.5 Å². The second kappa shape index (κ2) is 7.31. The maximum Gasteiger partial charge on any atom is 0.294 e. The van der Waals surface area contributed by atoms with Crippen LogP contribution in [0.15, 0.2) is 12.3 Å². The molecular formula is C15H19N3O3S. The summed E-state index contributed by atoms with van der Waals surface area (Å²) in [5, 5.41) is 10.4. The van der Waals surface area contributed by atoms with Gasteiger partial charge in [0.25, 0.3) is 5.09 Å². The third kappa shape index (κ3) is 3.79. The first-order valence-corrected chi connectivity index (χ1v) is 8.08. The molecule has 0 atom stereocenters. The normalized spacial score (nSPS) is 10.7. The fourth-order valence-electron chi connectivity index (χ4n) is 2.18. The molecule has 0 bridgehead atoms. The van der Waals surface area contributed by atoms with Gasteiger partial charge < -0.3 is 4.84 Å². The number of nitrogens with zero attached hydrogens (tertiary/aromatic N) is 3. The molecule has 0 saturated heterocycles. The van der Waals surface area contributed by atoms with Gasteiger partial charge >= 0.3 is 0 Å². The van der Waals surface area contributed by atoms with Crippen LogP contribution >= 0.6 is 11.3 Å². The molecule has 0 radical (unpaired) electrons. The second-order valence-electron chi connectivity index (χ2n) is 4.88. The first-order valence-electron chi connectivity index (χ1n) is 7.26. The monoisotopic (exact) mass is 321 g/mol. The van der Waals surface area contributed by atoms with Crippen molar-refractivity contribution < 1.29 is 9.92 Å². The first-order chi connectivity index (χ1) is 10.5. The maximum atomic E-state index is 10.2. The fraction of sp³-hybridized carbons (Fsp3) is 0.467. The average Bonchev–Trinajstić information content (AvgIpc) is 2.87. The summed E-state index contributed by atoms with van der Waals surface area (Å²) < 4.78 is 0. The van der Waals surface area contributed by atoms with Gasteiger partial charge in [0.15, 0.2) is 0 Å². The highest BCUT2D eigenvalue weighted by atomic mass is 32.1. The molecule has 0 aliphatic carbocycles. The predicted molar refractivity (Wildman–Crippen MR) is 85.5 cm³/mol. The zero-order valence-electron chi connectivity index (χ0n) is 13.0. The molecule has 2 heterocycles. The Hall–Kier alpha value is -2.02. The van der Waals surface area contributed by atoms with E-state index in [1.807, 2.05) is 13.1 Å². The Labute approximate surface area is 133 Å². The molecule has 2 aromatic rings. The van der Waals surface area contributed by atoms with Crippen molar-refractivity contribution in [2.75, 3.05) is 6.61 Å². The molecule has 0 spiro atoms. The number of thiazole rings is 1. The zero-order chi connectivity index (χ0) is 16.1. The quantitative estimate of drug-likeness (QED) is 0.577. The van der Waals surface area contributed by atoms with Crippen molar-refractivity contribution >= 4 is 11.3 Å². The summed E-state index contributed by atoms with van der Waals surface area (Å²) in [6.45, 7) is 6.15. The minimum Gasteiger partial charge on any atom is -0.314 e. The van der Waals surface area contributed by atoms with E-state index in [4.69, 9.17) is 0 Å². The molecular weight excluding hydrogens is 302 g/mol. The molecule has 0 aliphatic heterocycles. The Balaban J connectivity index is 2.27. The van der Waals surface area contributed by atoms with E-state index in [2.05, 4.69) is 34.7 Å². The van der Waals surface area contributed by atoms with Crippen LogP contribution in [0.5, 0.6) is 0 Å². The lowest BCUT2D eigenvalue weighted by molar-refractivity contribution is -0.757. The number of hydrogen-bond acceptors (Lipinski definition) is 6. The minimum atomic E-state index is -0.763. The second-order valence-corrected chi connectivity index (χ2v) is 5.96. The van der Waals surface area contributed by atoms with E-state index in [0.717, 1.165) is 39.7 Å². The Morgan fingerprint density at radius 1 is 1.36 bits per heavy atom. The van der Waals surface area contributed by atoms with Crippen LogP contribution < -0.4 is 0 Å². The van der Waals surface area contributed by atoms with Gasteiger partial charge in [0.05, 0.1) is 11.4 Å². The molecule has 0 amide bonds. The van der Waals surface area contributed by atoms with Gasteiger partial charge in [0.1, 0.15) is 11.6 Å². The lowest BCUT2D eigenvalue weighted by atomic mass is 10.1. The molecule has 0 N–H and O–H groups in total. The van der Waals surface area contributed by atoms with Crippen molar-refractivity contribution in [1.29, 1.82) is 0 Å². The summed E-state index contributed by atoms with van der Waals surface area (Å²) in [5.41, 5.74) is 4.17. The van der Waals surface area contributed by atoms with Crippen LogP contribution in [0, 0.1) is 17.0 Å². The molecule has 2 rings (SSSR count). The van der Waals surface area contributed by atoms with E-state index < -0.39 is 5.09 Å². The number of pyridine rings is 1.